The van der Waals surface area contributed by atoms with E-state index in [4.69, 9.17) is 23.1 Å². The molecular formula is C28H24ClN5O4. The van der Waals surface area contributed by atoms with Gasteiger partial charge in [0.1, 0.15) is 5.82 Å². The van der Waals surface area contributed by atoms with Crippen molar-refractivity contribution in [1.82, 2.24) is 9.88 Å². The van der Waals surface area contributed by atoms with Crippen LogP contribution >= 0.6 is 11.6 Å². The smallest absolute Gasteiger partial charge is 0.306 e. The summed E-state index contributed by atoms with van der Waals surface area (Å²) in [6.07, 6.45) is 9.77. The van der Waals surface area contributed by atoms with Crippen molar-refractivity contribution in [3.8, 4) is 12.3 Å². The molecule has 0 bridgehead atoms. The third-order valence-electron chi connectivity index (χ3n) is 6.03. The number of aliphatic carboxylic acids is 1. The number of nitrogens with one attached hydrogen (secondary N) is 2. The molecule has 0 unspecified atom stereocenters. The number of carboxylic acids is 1. The van der Waals surface area contributed by atoms with Gasteiger partial charge < -0.3 is 20.6 Å². The van der Waals surface area contributed by atoms with Gasteiger partial charge in [0.25, 0.3) is 11.8 Å². The van der Waals surface area contributed by atoms with E-state index in [0.717, 1.165) is 0 Å². The van der Waals surface area contributed by atoms with Crippen LogP contribution in [0.2, 0.25) is 5.02 Å². The second kappa shape index (κ2) is 12.0. The van der Waals surface area contributed by atoms with Gasteiger partial charge in [-0.1, -0.05) is 17.5 Å². The van der Waals surface area contributed by atoms with Gasteiger partial charge in [-0.15, -0.1) is 6.42 Å². The molecule has 2 aromatic carbocycles. The molecule has 192 valence electrons. The molecular weight excluding hydrogens is 506 g/mol. The Hall–Kier alpha value is -4.68. The Labute approximate surface area is 224 Å². The third-order valence-corrected chi connectivity index (χ3v) is 6.25. The number of aromatic nitrogens is 1. The minimum atomic E-state index is -0.756. The van der Waals surface area contributed by atoms with Crippen LogP contribution in [0, 0.1) is 18.3 Å². The predicted octanol–water partition coefficient (Wildman–Crippen LogP) is 4.68. The summed E-state index contributed by atoms with van der Waals surface area (Å²) in [5.74, 6) is 0.812. The summed E-state index contributed by atoms with van der Waals surface area (Å²) in [7, 11) is 0. The fourth-order valence-corrected chi connectivity index (χ4v) is 3.98. The number of rotatable bonds is 7. The minimum Gasteiger partial charge on any atom is -0.481 e. The lowest BCUT2D eigenvalue weighted by molar-refractivity contribution is -0.142. The number of pyridine rings is 1. The van der Waals surface area contributed by atoms with Crippen molar-refractivity contribution in [2.24, 2.45) is 10.9 Å². The highest BCUT2D eigenvalue weighted by atomic mass is 35.5. The maximum atomic E-state index is 13.0. The molecule has 9 nitrogen and oxygen atoms in total. The van der Waals surface area contributed by atoms with Crippen LogP contribution in [0.5, 0.6) is 0 Å². The van der Waals surface area contributed by atoms with Gasteiger partial charge in [-0.3, -0.25) is 14.4 Å². The van der Waals surface area contributed by atoms with Crippen LogP contribution in [0.4, 0.5) is 17.2 Å². The molecule has 1 aromatic heterocycles. The SMILES string of the molecule is C#Cc1ccc(NC(=O)c2ccc(N=CN3CCC(C(=O)O)CC3)cc2)c(C(=O)Nc2ccc(Cl)cn2)c1. The van der Waals surface area contributed by atoms with Crippen molar-refractivity contribution in [1.29, 1.82) is 0 Å². The van der Waals surface area contributed by atoms with E-state index in [-0.39, 0.29) is 17.2 Å². The largest absolute Gasteiger partial charge is 0.481 e. The predicted molar refractivity (Wildman–Crippen MR) is 146 cm³/mol. The van der Waals surface area contributed by atoms with E-state index in [0.29, 0.717) is 53.6 Å². The number of carbonyl (C=O) groups is 3. The maximum Gasteiger partial charge on any atom is 0.306 e. The number of halogens is 1. The highest BCUT2D eigenvalue weighted by Gasteiger charge is 2.23. The van der Waals surface area contributed by atoms with Gasteiger partial charge in [-0.2, -0.15) is 0 Å². The number of likely N-dealkylation sites (tertiary alicyclic amines) is 1. The van der Waals surface area contributed by atoms with E-state index >= 15 is 0 Å². The fraction of sp³-hybridized carbons (Fsp3) is 0.179. The lowest BCUT2D eigenvalue weighted by Gasteiger charge is -2.28. The average molecular weight is 530 g/mol. The molecule has 2 amide bonds. The zero-order valence-corrected chi connectivity index (χ0v) is 21.0. The number of hydrogen-bond acceptors (Lipinski definition) is 5. The van der Waals surface area contributed by atoms with E-state index in [1.807, 2.05) is 4.90 Å². The second-order valence-corrected chi connectivity index (χ2v) is 9.05. The van der Waals surface area contributed by atoms with Crippen molar-refractivity contribution in [3.05, 3.63) is 82.5 Å². The van der Waals surface area contributed by atoms with Crippen LogP contribution in [0.15, 0.2) is 65.8 Å². The topological polar surface area (TPSA) is 124 Å². The maximum absolute atomic E-state index is 13.0. The summed E-state index contributed by atoms with van der Waals surface area (Å²) in [5, 5.41) is 15.0. The van der Waals surface area contributed by atoms with Gasteiger partial charge in [-0.05, 0) is 67.4 Å². The van der Waals surface area contributed by atoms with Crippen LogP contribution < -0.4 is 10.6 Å². The molecule has 1 saturated heterocycles. The Balaban J connectivity index is 1.42. The fourth-order valence-electron chi connectivity index (χ4n) is 3.87. The number of hydrogen-bond donors (Lipinski definition) is 3. The van der Waals surface area contributed by atoms with Gasteiger partial charge in [0, 0.05) is 30.4 Å². The van der Waals surface area contributed by atoms with E-state index in [2.05, 4.69) is 26.5 Å². The monoisotopic (exact) mass is 529 g/mol. The summed E-state index contributed by atoms with van der Waals surface area (Å²) in [6.45, 7) is 1.26. The highest BCUT2D eigenvalue weighted by molar-refractivity contribution is 6.30. The molecule has 10 heteroatoms. The number of amides is 2. The molecule has 2 heterocycles. The first-order valence-electron chi connectivity index (χ1n) is 11.8. The molecule has 0 aliphatic carbocycles. The summed E-state index contributed by atoms with van der Waals surface area (Å²) < 4.78 is 0. The van der Waals surface area contributed by atoms with Crippen LogP contribution in [-0.4, -0.2) is 52.2 Å². The molecule has 3 N–H and O–H groups in total. The molecule has 1 fully saturated rings. The number of benzene rings is 2. The summed E-state index contributed by atoms with van der Waals surface area (Å²) in [6, 6.07) is 14.5. The molecule has 0 atom stereocenters. The molecule has 1 aliphatic heterocycles. The number of piperidine rings is 1. The molecule has 4 rings (SSSR count). The zero-order valence-electron chi connectivity index (χ0n) is 20.2. The molecule has 3 aromatic rings. The minimum absolute atomic E-state index is 0.179. The first kappa shape index (κ1) is 26.4. The van der Waals surface area contributed by atoms with Crippen molar-refractivity contribution >= 4 is 52.9 Å². The van der Waals surface area contributed by atoms with Crippen LogP contribution in [-0.2, 0) is 4.79 Å². The Morgan fingerprint density at radius 1 is 1.05 bits per heavy atom. The number of terminal acetylenes is 1. The van der Waals surface area contributed by atoms with Gasteiger partial charge in [-0.25, -0.2) is 9.98 Å². The Kier molecular flexibility index (Phi) is 8.36. The molecule has 1 aliphatic rings. The average Bonchev–Trinajstić information content (AvgIpc) is 2.93. The van der Waals surface area contributed by atoms with Crippen molar-refractivity contribution in [2.45, 2.75) is 12.8 Å². The second-order valence-electron chi connectivity index (χ2n) is 8.61. The molecule has 38 heavy (non-hydrogen) atoms. The lowest BCUT2D eigenvalue weighted by Crippen LogP contribution is -2.35. The quantitative estimate of drug-likeness (QED) is 0.232. The molecule has 0 saturated carbocycles. The van der Waals surface area contributed by atoms with Crippen molar-refractivity contribution in [2.75, 3.05) is 23.7 Å². The Morgan fingerprint density at radius 3 is 2.42 bits per heavy atom. The standard InChI is InChI=1S/C28H24ClN5O4/c1-2-18-3-9-24(23(15-18)27(36)33-25-10-6-21(29)16-30-25)32-26(35)19-4-7-22(8-5-19)31-17-34-13-11-20(12-14-34)28(37)38/h1,3-10,15-17,20H,11-14H2,(H,32,35)(H,37,38)(H,30,33,36). The Morgan fingerprint density at radius 2 is 1.79 bits per heavy atom. The van der Waals surface area contributed by atoms with Crippen LogP contribution in [0.1, 0.15) is 39.1 Å². The Bertz CT molecular complexity index is 1410. The van der Waals surface area contributed by atoms with E-state index in [9.17, 15) is 14.4 Å². The summed E-state index contributed by atoms with van der Waals surface area (Å²) in [5.41, 5.74) is 1.96. The van der Waals surface area contributed by atoms with E-state index in [1.165, 1.54) is 12.3 Å². The van der Waals surface area contributed by atoms with E-state index < -0.39 is 17.8 Å². The normalized spacial score (nSPS) is 13.6. The van der Waals surface area contributed by atoms with Gasteiger partial charge in [0.15, 0.2) is 0 Å². The van der Waals surface area contributed by atoms with E-state index in [1.54, 1.807) is 54.9 Å². The number of aliphatic imine (C=N–C) groups is 1. The third kappa shape index (κ3) is 6.75. The highest BCUT2D eigenvalue weighted by Crippen LogP contribution is 2.22. The van der Waals surface area contributed by atoms with Crippen molar-refractivity contribution < 1.29 is 19.5 Å². The zero-order chi connectivity index (χ0) is 27.1. The number of carboxylic acid groups (broad SMARTS) is 1. The van der Waals surface area contributed by atoms with Crippen LogP contribution in [0.25, 0.3) is 0 Å². The summed E-state index contributed by atoms with van der Waals surface area (Å²) >= 11 is 5.85. The van der Waals surface area contributed by atoms with Gasteiger partial charge >= 0.3 is 5.97 Å². The number of anilines is 2. The first-order valence-corrected chi connectivity index (χ1v) is 12.2. The van der Waals surface area contributed by atoms with Gasteiger partial charge in [0.05, 0.1) is 34.2 Å². The van der Waals surface area contributed by atoms with Crippen molar-refractivity contribution in [3.63, 3.8) is 0 Å². The molecule has 0 radical (unpaired) electrons. The number of carbonyl (C=O) groups excluding carboxylic acids is 2. The molecule has 0 spiro atoms. The number of nitrogens with zero attached hydrogens (tertiary/aromatic N) is 3. The van der Waals surface area contributed by atoms with Crippen LogP contribution in [0.3, 0.4) is 0 Å². The summed E-state index contributed by atoms with van der Waals surface area (Å²) in [4.78, 5) is 47.4. The van der Waals surface area contributed by atoms with Gasteiger partial charge in [0.2, 0.25) is 0 Å². The first-order chi connectivity index (χ1) is 18.3. The lowest BCUT2D eigenvalue weighted by atomic mass is 9.98.